The highest BCUT2D eigenvalue weighted by atomic mass is 16.6. The molecule has 106 valence electrons. The van der Waals surface area contributed by atoms with Crippen LogP contribution in [0.25, 0.3) is 0 Å². The first-order valence-corrected chi connectivity index (χ1v) is 6.90. The van der Waals surface area contributed by atoms with Gasteiger partial charge in [0.05, 0.1) is 5.92 Å². The van der Waals surface area contributed by atoms with Crippen molar-refractivity contribution in [2.24, 2.45) is 5.92 Å². The Morgan fingerprint density at radius 2 is 2.10 bits per heavy atom. The summed E-state index contributed by atoms with van der Waals surface area (Å²) >= 11 is 0. The van der Waals surface area contributed by atoms with Crippen LogP contribution in [0.4, 0.5) is 4.79 Å². The lowest BCUT2D eigenvalue weighted by Gasteiger charge is -2.25. The molecule has 2 bridgehead atoms. The van der Waals surface area contributed by atoms with Crippen molar-refractivity contribution in [2.75, 3.05) is 0 Å². The Balaban J connectivity index is 1.50. The van der Waals surface area contributed by atoms with Gasteiger partial charge in [0, 0.05) is 6.04 Å². The predicted octanol–water partition coefficient (Wildman–Crippen LogP) is 2.01. The number of alkyl carbamates (subject to hydrolysis) is 1. The second-order valence-corrected chi connectivity index (χ2v) is 5.29. The molecule has 5 nitrogen and oxygen atoms in total. The number of ether oxygens (including phenoxy) is 2. The van der Waals surface area contributed by atoms with Crippen molar-refractivity contribution in [2.45, 2.75) is 38.0 Å². The van der Waals surface area contributed by atoms with Gasteiger partial charge in [0.2, 0.25) is 0 Å². The first-order chi connectivity index (χ1) is 9.72. The third-order valence-corrected chi connectivity index (χ3v) is 3.90. The minimum absolute atomic E-state index is 0.0471. The fraction of sp³-hybridized carbons (Fsp3) is 0.467. The van der Waals surface area contributed by atoms with Gasteiger partial charge in [0.15, 0.2) is 0 Å². The van der Waals surface area contributed by atoms with Crippen LogP contribution < -0.4 is 5.32 Å². The standard InChI is InChI=1S/C15H17NO4/c17-14-12-8-11(20-14)6-7-13(12)16-15(18)19-9-10-4-2-1-3-5-10/h1-5,11-13H,6-9H2,(H,16,18)/t11-,12-,13+/m1/s1. The van der Waals surface area contributed by atoms with Crippen molar-refractivity contribution in [1.82, 2.24) is 5.32 Å². The van der Waals surface area contributed by atoms with Crippen LogP contribution in [0.2, 0.25) is 0 Å². The van der Waals surface area contributed by atoms with E-state index >= 15 is 0 Å². The van der Waals surface area contributed by atoms with E-state index in [0.717, 1.165) is 18.4 Å². The zero-order valence-electron chi connectivity index (χ0n) is 11.1. The highest BCUT2D eigenvalue weighted by Gasteiger charge is 2.44. The first kappa shape index (κ1) is 13.0. The molecule has 2 aliphatic rings. The Hall–Kier alpha value is -2.04. The lowest BCUT2D eigenvalue weighted by Crippen LogP contribution is -2.43. The molecule has 1 saturated heterocycles. The van der Waals surface area contributed by atoms with E-state index in [4.69, 9.17) is 9.47 Å². The molecule has 1 aliphatic heterocycles. The van der Waals surface area contributed by atoms with Crippen LogP contribution in [0.3, 0.4) is 0 Å². The van der Waals surface area contributed by atoms with Gasteiger partial charge in [-0.15, -0.1) is 0 Å². The van der Waals surface area contributed by atoms with Gasteiger partial charge < -0.3 is 14.8 Å². The van der Waals surface area contributed by atoms with Gasteiger partial charge in [0.25, 0.3) is 0 Å². The summed E-state index contributed by atoms with van der Waals surface area (Å²) in [6.45, 7) is 0.233. The van der Waals surface area contributed by atoms with Gasteiger partial charge in [-0.25, -0.2) is 4.79 Å². The monoisotopic (exact) mass is 275 g/mol. The molecule has 2 fully saturated rings. The van der Waals surface area contributed by atoms with Crippen LogP contribution in [0.15, 0.2) is 30.3 Å². The van der Waals surface area contributed by atoms with Gasteiger partial charge in [-0.1, -0.05) is 30.3 Å². The molecular weight excluding hydrogens is 258 g/mol. The molecule has 1 N–H and O–H groups in total. The van der Waals surface area contributed by atoms with E-state index in [-0.39, 0.29) is 30.6 Å². The Morgan fingerprint density at radius 3 is 2.90 bits per heavy atom. The van der Waals surface area contributed by atoms with Crippen LogP contribution in [0.1, 0.15) is 24.8 Å². The molecule has 20 heavy (non-hydrogen) atoms. The number of esters is 1. The zero-order valence-corrected chi connectivity index (χ0v) is 11.1. The van der Waals surface area contributed by atoms with Gasteiger partial charge in [-0.05, 0) is 24.8 Å². The van der Waals surface area contributed by atoms with Crippen LogP contribution >= 0.6 is 0 Å². The smallest absolute Gasteiger partial charge is 0.407 e. The summed E-state index contributed by atoms with van der Waals surface area (Å²) < 4.78 is 10.4. The lowest BCUT2D eigenvalue weighted by molar-refractivity contribution is -0.143. The Morgan fingerprint density at radius 1 is 1.30 bits per heavy atom. The number of hydrogen-bond donors (Lipinski definition) is 1. The Kier molecular flexibility index (Phi) is 3.58. The normalized spacial score (nSPS) is 27.8. The molecular formula is C15H17NO4. The van der Waals surface area contributed by atoms with Crippen molar-refractivity contribution in [3.63, 3.8) is 0 Å². The number of carbonyl (C=O) groups is 2. The lowest BCUT2D eigenvalue weighted by atomic mass is 9.85. The molecule has 1 aliphatic carbocycles. The molecule has 0 radical (unpaired) electrons. The van der Waals surface area contributed by atoms with Crippen LogP contribution in [-0.2, 0) is 20.9 Å². The number of amides is 1. The molecule has 0 unspecified atom stereocenters. The summed E-state index contributed by atoms with van der Waals surface area (Å²) in [6.07, 6.45) is 1.86. The highest BCUT2D eigenvalue weighted by Crippen LogP contribution is 2.34. The molecule has 1 saturated carbocycles. The maximum absolute atomic E-state index is 11.8. The van der Waals surface area contributed by atoms with E-state index in [9.17, 15) is 9.59 Å². The number of carbonyl (C=O) groups excluding carboxylic acids is 2. The third-order valence-electron chi connectivity index (χ3n) is 3.90. The van der Waals surface area contributed by atoms with Gasteiger partial charge in [-0.3, -0.25) is 4.79 Å². The average molecular weight is 275 g/mol. The second kappa shape index (κ2) is 5.53. The average Bonchev–Trinajstić information content (AvgIpc) is 2.77. The van der Waals surface area contributed by atoms with Crippen molar-refractivity contribution in [3.05, 3.63) is 35.9 Å². The summed E-state index contributed by atoms with van der Waals surface area (Å²) in [4.78, 5) is 23.4. The summed E-state index contributed by atoms with van der Waals surface area (Å²) in [5.74, 6) is -0.404. The number of rotatable bonds is 3. The maximum Gasteiger partial charge on any atom is 0.407 e. The van der Waals surface area contributed by atoms with E-state index in [1.54, 1.807) is 0 Å². The molecule has 1 aromatic carbocycles. The largest absolute Gasteiger partial charge is 0.462 e. The summed E-state index contributed by atoms with van der Waals surface area (Å²) in [5, 5.41) is 2.79. The topological polar surface area (TPSA) is 64.6 Å². The minimum Gasteiger partial charge on any atom is -0.462 e. The third kappa shape index (κ3) is 2.76. The van der Waals surface area contributed by atoms with Gasteiger partial charge in [0.1, 0.15) is 12.7 Å². The van der Waals surface area contributed by atoms with Crippen molar-refractivity contribution >= 4 is 12.1 Å². The Bertz CT molecular complexity index is 502. The van der Waals surface area contributed by atoms with Crippen molar-refractivity contribution in [1.29, 1.82) is 0 Å². The van der Waals surface area contributed by atoms with Crippen LogP contribution in [-0.4, -0.2) is 24.2 Å². The predicted molar refractivity (Wildman–Crippen MR) is 70.8 cm³/mol. The van der Waals surface area contributed by atoms with Crippen LogP contribution in [0, 0.1) is 5.92 Å². The molecule has 1 heterocycles. The van der Waals surface area contributed by atoms with Crippen LogP contribution in [0.5, 0.6) is 0 Å². The van der Waals surface area contributed by atoms with E-state index in [2.05, 4.69) is 5.32 Å². The van der Waals surface area contributed by atoms with E-state index in [1.165, 1.54) is 0 Å². The molecule has 1 amide bonds. The number of hydrogen-bond acceptors (Lipinski definition) is 4. The summed E-state index contributed by atoms with van der Waals surface area (Å²) in [7, 11) is 0. The molecule has 3 rings (SSSR count). The van der Waals surface area contributed by atoms with Crippen molar-refractivity contribution < 1.29 is 19.1 Å². The van der Waals surface area contributed by atoms with Gasteiger partial charge in [-0.2, -0.15) is 0 Å². The number of fused-ring (bicyclic) bond motifs is 2. The first-order valence-electron chi connectivity index (χ1n) is 6.90. The SMILES string of the molecule is O=C(N[C@H]1CC[C@@H]2C[C@H]1C(=O)O2)OCc1ccccc1. The Labute approximate surface area is 117 Å². The quantitative estimate of drug-likeness (QED) is 0.857. The molecule has 0 aromatic heterocycles. The summed E-state index contributed by atoms with van der Waals surface area (Å²) in [5.41, 5.74) is 0.937. The molecule has 3 atom stereocenters. The fourth-order valence-corrected chi connectivity index (χ4v) is 2.84. The van der Waals surface area contributed by atoms with E-state index < -0.39 is 6.09 Å². The molecule has 1 aromatic rings. The van der Waals surface area contributed by atoms with Gasteiger partial charge >= 0.3 is 12.1 Å². The zero-order chi connectivity index (χ0) is 13.9. The number of benzene rings is 1. The summed E-state index contributed by atoms with van der Waals surface area (Å²) in [6, 6.07) is 9.33. The fourth-order valence-electron chi connectivity index (χ4n) is 2.84. The minimum atomic E-state index is -0.475. The highest BCUT2D eigenvalue weighted by molar-refractivity contribution is 5.77. The molecule has 0 spiro atoms. The second-order valence-electron chi connectivity index (χ2n) is 5.29. The van der Waals surface area contributed by atoms with E-state index in [1.807, 2.05) is 30.3 Å². The van der Waals surface area contributed by atoms with E-state index in [0.29, 0.717) is 6.42 Å². The maximum atomic E-state index is 11.8. The molecule has 5 heteroatoms. The van der Waals surface area contributed by atoms with Crippen molar-refractivity contribution in [3.8, 4) is 0 Å². The number of nitrogens with one attached hydrogen (secondary N) is 1.